The molecule has 2 aromatic rings. The summed E-state index contributed by atoms with van der Waals surface area (Å²) < 4.78 is 2.30. The van der Waals surface area contributed by atoms with Crippen molar-refractivity contribution in [1.29, 1.82) is 0 Å². The molecule has 0 aliphatic heterocycles. The molecule has 0 saturated heterocycles. The number of guanidine groups is 1. The third-order valence-electron chi connectivity index (χ3n) is 3.29. The molecule has 0 aliphatic rings. The summed E-state index contributed by atoms with van der Waals surface area (Å²) in [5.74, 6) is 1.02. The van der Waals surface area contributed by atoms with Crippen molar-refractivity contribution in [2.24, 2.45) is 4.99 Å². The van der Waals surface area contributed by atoms with Crippen LogP contribution in [0.3, 0.4) is 0 Å². The van der Waals surface area contributed by atoms with Crippen LogP contribution in [-0.2, 0) is 6.54 Å². The Labute approximate surface area is 121 Å². The van der Waals surface area contributed by atoms with Crippen molar-refractivity contribution in [3.63, 3.8) is 0 Å². The van der Waals surface area contributed by atoms with E-state index in [-0.39, 0.29) is 0 Å². The number of fused-ring (bicyclic) bond motifs is 1. The van der Waals surface area contributed by atoms with Gasteiger partial charge < -0.3 is 14.4 Å². The summed E-state index contributed by atoms with van der Waals surface area (Å²) >= 11 is 0. The van der Waals surface area contributed by atoms with Gasteiger partial charge in [0, 0.05) is 53.0 Å². The number of aromatic nitrogens is 1. The highest BCUT2D eigenvalue weighted by Crippen LogP contribution is 2.15. The smallest absolute Gasteiger partial charge is 0.195 e. The van der Waals surface area contributed by atoms with Gasteiger partial charge in [0.25, 0.3) is 0 Å². The van der Waals surface area contributed by atoms with Crippen LogP contribution in [0.15, 0.2) is 41.5 Å². The van der Waals surface area contributed by atoms with Crippen LogP contribution in [0.5, 0.6) is 0 Å². The topological polar surface area (TPSA) is 23.8 Å². The molecular formula is C16H24N4. The van der Waals surface area contributed by atoms with Crippen LogP contribution in [0, 0.1) is 0 Å². The summed E-state index contributed by atoms with van der Waals surface area (Å²) in [5, 5.41) is 1.30. The molecule has 1 aromatic heterocycles. The first-order valence-electron chi connectivity index (χ1n) is 7.02. The van der Waals surface area contributed by atoms with E-state index >= 15 is 0 Å². The Morgan fingerprint density at radius 2 is 1.75 bits per heavy atom. The monoisotopic (exact) mass is 272 g/mol. The lowest BCUT2D eigenvalue weighted by atomic mass is 10.2. The van der Waals surface area contributed by atoms with E-state index in [9.17, 15) is 0 Å². The van der Waals surface area contributed by atoms with Gasteiger partial charge in [-0.15, -0.1) is 0 Å². The Balaban J connectivity index is 1.95. The van der Waals surface area contributed by atoms with Gasteiger partial charge in [0.1, 0.15) is 0 Å². The molecule has 4 nitrogen and oxygen atoms in total. The highest BCUT2D eigenvalue weighted by Gasteiger charge is 2.03. The zero-order chi connectivity index (χ0) is 14.5. The average molecular weight is 272 g/mol. The van der Waals surface area contributed by atoms with E-state index < -0.39 is 0 Å². The van der Waals surface area contributed by atoms with Crippen molar-refractivity contribution in [3.8, 4) is 0 Å². The minimum Gasteiger partial charge on any atom is -0.349 e. The molecular weight excluding hydrogens is 248 g/mol. The standard InChI is InChI=1S/C16H24N4/c1-18(2)16(19(3)4)17-11-7-12-20-13-10-14-8-5-6-9-15(14)20/h5-6,8-10,13H,7,11-12H2,1-4H3. The molecule has 0 unspecified atom stereocenters. The lowest BCUT2D eigenvalue weighted by Crippen LogP contribution is -2.35. The van der Waals surface area contributed by atoms with Gasteiger partial charge in [-0.05, 0) is 23.9 Å². The molecule has 0 saturated carbocycles. The van der Waals surface area contributed by atoms with E-state index in [0.717, 1.165) is 25.5 Å². The number of benzene rings is 1. The van der Waals surface area contributed by atoms with E-state index in [4.69, 9.17) is 0 Å². The molecule has 0 amide bonds. The summed E-state index contributed by atoms with van der Waals surface area (Å²) in [6.45, 7) is 1.85. The molecule has 20 heavy (non-hydrogen) atoms. The van der Waals surface area contributed by atoms with Crippen molar-refractivity contribution in [2.45, 2.75) is 13.0 Å². The van der Waals surface area contributed by atoms with Crippen LogP contribution >= 0.6 is 0 Å². The fourth-order valence-electron chi connectivity index (χ4n) is 2.44. The summed E-state index contributed by atoms with van der Waals surface area (Å²) in [6.07, 6.45) is 3.21. The highest BCUT2D eigenvalue weighted by molar-refractivity contribution is 5.80. The molecule has 0 aliphatic carbocycles. The molecule has 0 bridgehead atoms. The largest absolute Gasteiger partial charge is 0.349 e. The Bertz CT molecular complexity index is 571. The highest BCUT2D eigenvalue weighted by atomic mass is 15.3. The van der Waals surface area contributed by atoms with Crippen LogP contribution < -0.4 is 0 Å². The van der Waals surface area contributed by atoms with Crippen molar-refractivity contribution >= 4 is 16.9 Å². The average Bonchev–Trinajstić information content (AvgIpc) is 2.81. The first-order chi connectivity index (χ1) is 9.59. The van der Waals surface area contributed by atoms with Gasteiger partial charge in [-0.25, -0.2) is 0 Å². The van der Waals surface area contributed by atoms with Gasteiger partial charge in [-0.1, -0.05) is 18.2 Å². The molecule has 0 fully saturated rings. The van der Waals surface area contributed by atoms with Crippen molar-refractivity contribution in [1.82, 2.24) is 14.4 Å². The van der Waals surface area contributed by atoms with E-state index in [1.54, 1.807) is 0 Å². The Kier molecular flexibility index (Phi) is 4.66. The third-order valence-corrected chi connectivity index (χ3v) is 3.29. The van der Waals surface area contributed by atoms with Gasteiger partial charge in [-0.3, -0.25) is 4.99 Å². The third kappa shape index (κ3) is 3.32. The van der Waals surface area contributed by atoms with Gasteiger partial charge in [0.15, 0.2) is 5.96 Å². The Hall–Kier alpha value is -1.97. The van der Waals surface area contributed by atoms with Crippen molar-refractivity contribution < 1.29 is 0 Å². The van der Waals surface area contributed by atoms with Gasteiger partial charge >= 0.3 is 0 Å². The molecule has 108 valence electrons. The maximum absolute atomic E-state index is 4.66. The summed E-state index contributed by atoms with van der Waals surface area (Å²) in [7, 11) is 8.10. The second-order valence-corrected chi connectivity index (χ2v) is 5.39. The minimum absolute atomic E-state index is 0.845. The zero-order valence-corrected chi connectivity index (χ0v) is 12.9. The summed E-state index contributed by atoms with van der Waals surface area (Å²) in [6, 6.07) is 10.7. The van der Waals surface area contributed by atoms with E-state index in [1.165, 1.54) is 10.9 Å². The van der Waals surface area contributed by atoms with Crippen molar-refractivity contribution in [3.05, 3.63) is 36.5 Å². The Morgan fingerprint density at radius 1 is 1.05 bits per heavy atom. The van der Waals surface area contributed by atoms with Crippen LogP contribution in [0.1, 0.15) is 6.42 Å². The lowest BCUT2D eigenvalue weighted by Gasteiger charge is -2.22. The number of para-hydroxylation sites is 1. The fourth-order valence-corrected chi connectivity index (χ4v) is 2.44. The van der Waals surface area contributed by atoms with Gasteiger partial charge in [0.05, 0.1) is 0 Å². The number of nitrogens with zero attached hydrogens (tertiary/aromatic N) is 4. The quantitative estimate of drug-likeness (QED) is 0.485. The van der Waals surface area contributed by atoms with Gasteiger partial charge in [-0.2, -0.15) is 0 Å². The van der Waals surface area contributed by atoms with Crippen LogP contribution in [-0.4, -0.2) is 55.1 Å². The normalized spacial score (nSPS) is 10.6. The molecule has 0 radical (unpaired) electrons. The predicted molar refractivity (Wildman–Crippen MR) is 86.2 cm³/mol. The first-order valence-corrected chi connectivity index (χ1v) is 7.02. The van der Waals surface area contributed by atoms with Gasteiger partial charge in [0.2, 0.25) is 0 Å². The van der Waals surface area contributed by atoms with Crippen LogP contribution in [0.25, 0.3) is 10.9 Å². The number of hydrogen-bond donors (Lipinski definition) is 0. The number of rotatable bonds is 4. The van der Waals surface area contributed by atoms with E-state index in [2.05, 4.69) is 46.1 Å². The second kappa shape index (κ2) is 6.46. The minimum atomic E-state index is 0.845. The fraction of sp³-hybridized carbons (Fsp3) is 0.438. The molecule has 0 atom stereocenters. The van der Waals surface area contributed by atoms with E-state index in [1.807, 2.05) is 38.0 Å². The zero-order valence-electron chi connectivity index (χ0n) is 12.9. The molecule has 0 N–H and O–H groups in total. The molecule has 4 heteroatoms. The summed E-state index contributed by atoms with van der Waals surface area (Å²) in [5.41, 5.74) is 1.30. The first kappa shape index (κ1) is 14.4. The Morgan fingerprint density at radius 3 is 2.45 bits per heavy atom. The van der Waals surface area contributed by atoms with Crippen LogP contribution in [0.4, 0.5) is 0 Å². The molecule has 1 aromatic carbocycles. The van der Waals surface area contributed by atoms with E-state index in [0.29, 0.717) is 0 Å². The summed E-state index contributed by atoms with van der Waals surface area (Å²) in [4.78, 5) is 8.75. The SMILES string of the molecule is CN(C)C(=NCCCn1ccc2ccccc21)N(C)C. The molecule has 0 spiro atoms. The maximum atomic E-state index is 4.66. The molecule has 1 heterocycles. The number of aliphatic imine (C=N–C) groups is 1. The molecule has 2 rings (SSSR count). The number of aryl methyl sites for hydroxylation is 1. The van der Waals surface area contributed by atoms with Crippen molar-refractivity contribution in [2.75, 3.05) is 34.7 Å². The second-order valence-electron chi connectivity index (χ2n) is 5.39. The lowest BCUT2D eigenvalue weighted by molar-refractivity contribution is 0.478. The van der Waals surface area contributed by atoms with Crippen LogP contribution in [0.2, 0.25) is 0 Å². The maximum Gasteiger partial charge on any atom is 0.195 e. The predicted octanol–water partition coefficient (Wildman–Crippen LogP) is 2.51. The number of hydrogen-bond acceptors (Lipinski definition) is 1.